The molecular weight excluding hydrogens is 352 g/mol. The maximum absolute atomic E-state index is 5.51. The van der Waals surface area contributed by atoms with Crippen LogP contribution in [0.2, 0.25) is 0 Å². The molecule has 2 aromatic rings. The normalized spacial score (nSPS) is 17.8. The van der Waals surface area contributed by atoms with Crippen LogP contribution < -0.4 is 4.74 Å². The van der Waals surface area contributed by atoms with Gasteiger partial charge in [-0.05, 0) is 43.2 Å². The second-order valence-electron chi connectivity index (χ2n) is 8.93. The first-order valence-corrected chi connectivity index (χ1v) is 10.2. The lowest BCUT2D eigenvalue weighted by molar-refractivity contribution is 0.0635. The lowest BCUT2D eigenvalue weighted by atomic mass is 9.99. The standard InChI is InChI=1S/C21H34N6O/c1-16(2)19(20-22-23-24-27(20)21(3,4)5)26-13-11-25(12-14-26)15-17-9-7-8-10-18(17)28-6/h7-10,16,19H,11-15H2,1-6H3/t19-/m0/s1. The SMILES string of the molecule is COc1ccccc1CN1CCN([C@H](c2nnnn2C(C)(C)C)C(C)C)CC1. The van der Waals surface area contributed by atoms with Gasteiger partial charge in [0.05, 0.1) is 18.7 Å². The summed E-state index contributed by atoms with van der Waals surface area (Å²) >= 11 is 0. The van der Waals surface area contributed by atoms with E-state index < -0.39 is 0 Å². The van der Waals surface area contributed by atoms with Gasteiger partial charge in [0.25, 0.3) is 0 Å². The van der Waals surface area contributed by atoms with Crippen LogP contribution >= 0.6 is 0 Å². The molecule has 1 aliphatic rings. The van der Waals surface area contributed by atoms with Gasteiger partial charge in [-0.15, -0.1) is 5.10 Å². The molecule has 1 aromatic heterocycles. The average molecular weight is 387 g/mol. The molecule has 3 rings (SSSR count). The molecule has 0 radical (unpaired) electrons. The number of para-hydroxylation sites is 1. The first kappa shape index (κ1) is 20.7. The Kier molecular flexibility index (Phi) is 6.35. The van der Waals surface area contributed by atoms with Crippen molar-refractivity contribution in [3.8, 4) is 5.75 Å². The molecule has 1 fully saturated rings. The maximum Gasteiger partial charge on any atom is 0.169 e. The molecule has 0 saturated carbocycles. The molecule has 0 amide bonds. The van der Waals surface area contributed by atoms with Gasteiger partial charge in [0, 0.05) is 38.3 Å². The van der Waals surface area contributed by atoms with Crippen LogP contribution in [-0.4, -0.2) is 63.3 Å². The van der Waals surface area contributed by atoms with Crippen molar-refractivity contribution in [3.05, 3.63) is 35.7 Å². The Labute approximate surface area is 168 Å². The van der Waals surface area contributed by atoms with Gasteiger partial charge < -0.3 is 4.74 Å². The monoisotopic (exact) mass is 386 g/mol. The van der Waals surface area contributed by atoms with Crippen LogP contribution in [0.25, 0.3) is 0 Å². The van der Waals surface area contributed by atoms with Gasteiger partial charge in [0.1, 0.15) is 5.75 Å². The zero-order valence-corrected chi connectivity index (χ0v) is 18.1. The Bertz CT molecular complexity index is 758. The molecule has 28 heavy (non-hydrogen) atoms. The van der Waals surface area contributed by atoms with E-state index >= 15 is 0 Å². The van der Waals surface area contributed by atoms with Crippen molar-refractivity contribution in [2.75, 3.05) is 33.3 Å². The van der Waals surface area contributed by atoms with Crippen molar-refractivity contribution >= 4 is 0 Å². The molecule has 7 nitrogen and oxygen atoms in total. The highest BCUT2D eigenvalue weighted by Gasteiger charge is 2.33. The van der Waals surface area contributed by atoms with Crippen molar-refractivity contribution in [3.63, 3.8) is 0 Å². The van der Waals surface area contributed by atoms with Gasteiger partial charge in [-0.25, -0.2) is 4.68 Å². The highest BCUT2D eigenvalue weighted by molar-refractivity contribution is 5.33. The zero-order chi connectivity index (χ0) is 20.3. The van der Waals surface area contributed by atoms with E-state index in [1.807, 2.05) is 16.8 Å². The molecule has 1 saturated heterocycles. The Hall–Kier alpha value is -1.99. The van der Waals surface area contributed by atoms with Gasteiger partial charge in [-0.1, -0.05) is 32.0 Å². The van der Waals surface area contributed by atoms with Crippen LogP contribution in [0, 0.1) is 5.92 Å². The summed E-state index contributed by atoms with van der Waals surface area (Å²) in [4.78, 5) is 5.04. The summed E-state index contributed by atoms with van der Waals surface area (Å²) < 4.78 is 7.49. The first-order chi connectivity index (χ1) is 13.3. The van der Waals surface area contributed by atoms with E-state index in [-0.39, 0.29) is 11.6 Å². The molecule has 0 bridgehead atoms. The minimum absolute atomic E-state index is 0.127. The van der Waals surface area contributed by atoms with Crippen LogP contribution in [0.4, 0.5) is 0 Å². The van der Waals surface area contributed by atoms with Crippen LogP contribution in [0.5, 0.6) is 5.75 Å². The highest BCUT2D eigenvalue weighted by atomic mass is 16.5. The van der Waals surface area contributed by atoms with E-state index in [1.165, 1.54) is 5.56 Å². The zero-order valence-electron chi connectivity index (χ0n) is 18.1. The Morgan fingerprint density at radius 2 is 1.75 bits per heavy atom. The third-order valence-corrected chi connectivity index (χ3v) is 5.41. The molecule has 1 aliphatic heterocycles. The van der Waals surface area contributed by atoms with Crippen molar-refractivity contribution < 1.29 is 4.74 Å². The van der Waals surface area contributed by atoms with Gasteiger partial charge in [0.2, 0.25) is 0 Å². The lowest BCUT2D eigenvalue weighted by Gasteiger charge is -2.41. The van der Waals surface area contributed by atoms with Crippen molar-refractivity contribution in [2.24, 2.45) is 5.92 Å². The molecule has 0 spiro atoms. The van der Waals surface area contributed by atoms with E-state index in [0.29, 0.717) is 5.92 Å². The summed E-state index contributed by atoms with van der Waals surface area (Å²) in [6.45, 7) is 16.0. The first-order valence-electron chi connectivity index (χ1n) is 10.2. The number of aromatic nitrogens is 4. The predicted molar refractivity (Wildman–Crippen MR) is 110 cm³/mol. The van der Waals surface area contributed by atoms with Crippen molar-refractivity contribution in [2.45, 2.75) is 52.7 Å². The molecule has 7 heteroatoms. The molecule has 154 valence electrons. The fourth-order valence-electron chi connectivity index (χ4n) is 4.01. The van der Waals surface area contributed by atoms with Crippen molar-refractivity contribution in [1.82, 2.24) is 30.0 Å². The van der Waals surface area contributed by atoms with Gasteiger partial charge in [-0.3, -0.25) is 9.80 Å². The minimum Gasteiger partial charge on any atom is -0.496 e. The topological polar surface area (TPSA) is 59.3 Å². The largest absolute Gasteiger partial charge is 0.496 e. The summed E-state index contributed by atoms with van der Waals surface area (Å²) in [5.41, 5.74) is 1.12. The fourth-order valence-corrected chi connectivity index (χ4v) is 4.01. The van der Waals surface area contributed by atoms with E-state index in [1.54, 1.807) is 7.11 Å². The molecule has 1 aromatic carbocycles. The summed E-state index contributed by atoms with van der Waals surface area (Å²) in [6.07, 6.45) is 0. The molecule has 2 heterocycles. The number of hydrogen-bond acceptors (Lipinski definition) is 6. The number of rotatable bonds is 6. The number of methoxy groups -OCH3 is 1. The fraction of sp³-hybridized carbons (Fsp3) is 0.667. The van der Waals surface area contributed by atoms with Crippen LogP contribution in [0.1, 0.15) is 52.0 Å². The smallest absolute Gasteiger partial charge is 0.169 e. The average Bonchev–Trinajstić information content (AvgIpc) is 3.13. The van der Waals surface area contributed by atoms with Gasteiger partial charge in [-0.2, -0.15) is 0 Å². The van der Waals surface area contributed by atoms with Gasteiger partial charge in [0.15, 0.2) is 5.82 Å². The molecular formula is C21H34N6O. The maximum atomic E-state index is 5.51. The third-order valence-electron chi connectivity index (χ3n) is 5.41. The summed E-state index contributed by atoms with van der Waals surface area (Å²) in [6, 6.07) is 8.51. The van der Waals surface area contributed by atoms with E-state index in [4.69, 9.17) is 4.74 Å². The molecule has 1 atom stereocenters. The number of hydrogen-bond donors (Lipinski definition) is 0. The highest BCUT2D eigenvalue weighted by Crippen LogP contribution is 2.30. The van der Waals surface area contributed by atoms with Crippen LogP contribution in [-0.2, 0) is 12.1 Å². The second-order valence-corrected chi connectivity index (χ2v) is 8.93. The quantitative estimate of drug-likeness (QED) is 0.761. The summed E-state index contributed by atoms with van der Waals surface area (Å²) in [5.74, 6) is 2.38. The Balaban J connectivity index is 1.69. The second kappa shape index (κ2) is 8.57. The van der Waals surface area contributed by atoms with Gasteiger partial charge >= 0.3 is 0 Å². The van der Waals surface area contributed by atoms with Crippen LogP contribution in [0.15, 0.2) is 24.3 Å². The lowest BCUT2D eigenvalue weighted by Crippen LogP contribution is -2.49. The summed E-state index contributed by atoms with van der Waals surface area (Å²) in [7, 11) is 1.74. The van der Waals surface area contributed by atoms with E-state index in [2.05, 4.69) is 72.1 Å². The number of piperazine rings is 1. The number of nitrogens with zero attached hydrogens (tertiary/aromatic N) is 6. The number of ether oxygens (including phenoxy) is 1. The number of benzene rings is 1. The number of tetrazole rings is 1. The Morgan fingerprint density at radius 1 is 1.07 bits per heavy atom. The summed E-state index contributed by atoms with van der Waals surface area (Å²) in [5, 5.41) is 12.7. The van der Waals surface area contributed by atoms with Crippen molar-refractivity contribution in [1.29, 1.82) is 0 Å². The third kappa shape index (κ3) is 4.52. The van der Waals surface area contributed by atoms with E-state index in [0.717, 1.165) is 44.3 Å². The Morgan fingerprint density at radius 3 is 2.36 bits per heavy atom. The molecule has 0 N–H and O–H groups in total. The minimum atomic E-state index is -0.127. The molecule has 0 aliphatic carbocycles. The van der Waals surface area contributed by atoms with E-state index in [9.17, 15) is 0 Å². The predicted octanol–water partition coefficient (Wildman–Crippen LogP) is 2.95. The molecule has 0 unspecified atom stereocenters. The van der Waals surface area contributed by atoms with Crippen LogP contribution in [0.3, 0.4) is 0 Å².